The molecule has 0 aliphatic heterocycles. The van der Waals surface area contributed by atoms with Gasteiger partial charge >= 0.3 is 6.09 Å². The molecule has 0 bridgehead atoms. The molecule has 5 nitrogen and oxygen atoms in total. The van der Waals surface area contributed by atoms with E-state index in [1.807, 2.05) is 30.3 Å². The number of rotatable bonds is 3. The number of ketones is 2. The Hall–Kier alpha value is -3.21. The Labute approximate surface area is 132 Å². The van der Waals surface area contributed by atoms with Gasteiger partial charge in [0.25, 0.3) is 0 Å². The molecule has 1 aliphatic rings. The fraction of sp³-hybridized carbons (Fsp3) is 0.0556. The molecule has 0 fully saturated rings. The van der Waals surface area contributed by atoms with Crippen LogP contribution in [0.15, 0.2) is 54.6 Å². The summed E-state index contributed by atoms with van der Waals surface area (Å²) in [5.74, 6) is -1.15. The number of ether oxygens (including phenoxy) is 1. The summed E-state index contributed by atoms with van der Waals surface area (Å²) in [5.41, 5.74) is 2.20. The maximum absolute atomic E-state index is 11.8. The number of allylic oxidation sites excluding steroid dienone is 1. The van der Waals surface area contributed by atoms with Crippen molar-refractivity contribution in [2.24, 2.45) is 0 Å². The Morgan fingerprint density at radius 3 is 2.57 bits per heavy atom. The Morgan fingerprint density at radius 1 is 1.00 bits per heavy atom. The first kappa shape index (κ1) is 14.7. The summed E-state index contributed by atoms with van der Waals surface area (Å²) >= 11 is 0. The Bertz CT molecular complexity index is 809. The van der Waals surface area contributed by atoms with Crippen molar-refractivity contribution in [1.29, 1.82) is 0 Å². The molecule has 0 saturated heterocycles. The SMILES string of the molecule is O=C(Nc1ccc2c(c1)C(=O)C(=O)C=C2)OCc1ccccc1. The number of carbonyl (C=O) groups excluding carboxylic acids is 3. The predicted octanol–water partition coefficient (Wildman–Crippen LogP) is 3.21. The number of hydrogen-bond acceptors (Lipinski definition) is 4. The predicted molar refractivity (Wildman–Crippen MR) is 85.1 cm³/mol. The lowest BCUT2D eigenvalue weighted by Crippen LogP contribution is -2.18. The number of carbonyl (C=O) groups is 3. The van der Waals surface area contributed by atoms with E-state index in [4.69, 9.17) is 4.74 Å². The van der Waals surface area contributed by atoms with Crippen molar-refractivity contribution < 1.29 is 19.1 Å². The highest BCUT2D eigenvalue weighted by Crippen LogP contribution is 2.21. The molecule has 0 radical (unpaired) electrons. The minimum atomic E-state index is -0.626. The highest BCUT2D eigenvalue weighted by Gasteiger charge is 2.21. The third-order valence-electron chi connectivity index (χ3n) is 3.40. The van der Waals surface area contributed by atoms with E-state index in [9.17, 15) is 14.4 Å². The number of hydrogen-bond donors (Lipinski definition) is 1. The first-order chi connectivity index (χ1) is 11.1. The number of Topliss-reactive ketones (excluding diaryl/α,β-unsaturated/α-hetero) is 1. The zero-order chi connectivity index (χ0) is 16.2. The van der Waals surface area contributed by atoms with Gasteiger partial charge < -0.3 is 4.74 Å². The summed E-state index contributed by atoms with van der Waals surface area (Å²) in [6.45, 7) is 0.151. The third kappa shape index (κ3) is 3.35. The van der Waals surface area contributed by atoms with Gasteiger partial charge in [0.1, 0.15) is 6.61 Å². The van der Waals surface area contributed by atoms with Crippen molar-refractivity contribution in [1.82, 2.24) is 0 Å². The normalized spacial score (nSPS) is 12.7. The number of fused-ring (bicyclic) bond motifs is 1. The van der Waals surface area contributed by atoms with E-state index in [-0.39, 0.29) is 12.2 Å². The molecule has 0 unspecified atom stereocenters. The molecular weight excluding hydrogens is 294 g/mol. The van der Waals surface area contributed by atoms with Gasteiger partial charge in [0.05, 0.1) is 0 Å². The number of anilines is 1. The largest absolute Gasteiger partial charge is 0.444 e. The van der Waals surface area contributed by atoms with Gasteiger partial charge in [-0.15, -0.1) is 0 Å². The van der Waals surface area contributed by atoms with E-state index in [1.54, 1.807) is 18.2 Å². The first-order valence-corrected chi connectivity index (χ1v) is 7.02. The van der Waals surface area contributed by atoms with E-state index in [2.05, 4.69) is 5.32 Å². The van der Waals surface area contributed by atoms with Crippen molar-refractivity contribution >= 4 is 29.4 Å². The fourth-order valence-electron chi connectivity index (χ4n) is 2.23. The molecular formula is C18H13NO4. The molecule has 0 heterocycles. The summed E-state index contributed by atoms with van der Waals surface area (Å²) in [7, 11) is 0. The molecule has 1 N–H and O–H groups in total. The summed E-state index contributed by atoms with van der Waals surface area (Å²) in [6, 6.07) is 14.1. The van der Waals surface area contributed by atoms with Crippen molar-refractivity contribution in [3.05, 3.63) is 71.3 Å². The lowest BCUT2D eigenvalue weighted by Gasteiger charge is -2.11. The Morgan fingerprint density at radius 2 is 1.78 bits per heavy atom. The molecule has 1 aliphatic carbocycles. The van der Waals surface area contributed by atoms with Gasteiger partial charge in [-0.2, -0.15) is 0 Å². The van der Waals surface area contributed by atoms with Crippen LogP contribution < -0.4 is 5.32 Å². The molecule has 0 saturated carbocycles. The van der Waals surface area contributed by atoms with Crippen LogP contribution in [0.2, 0.25) is 0 Å². The maximum atomic E-state index is 11.8. The molecule has 114 valence electrons. The smallest absolute Gasteiger partial charge is 0.411 e. The molecule has 2 aromatic carbocycles. The average molecular weight is 307 g/mol. The molecule has 0 spiro atoms. The van der Waals surface area contributed by atoms with Crippen molar-refractivity contribution in [2.75, 3.05) is 5.32 Å². The second-order valence-electron chi connectivity index (χ2n) is 5.02. The average Bonchev–Trinajstić information content (AvgIpc) is 2.58. The third-order valence-corrected chi connectivity index (χ3v) is 3.40. The van der Waals surface area contributed by atoms with Gasteiger partial charge in [0.15, 0.2) is 0 Å². The topological polar surface area (TPSA) is 72.5 Å². The highest BCUT2D eigenvalue weighted by molar-refractivity contribution is 6.50. The molecule has 5 heteroatoms. The van der Waals surface area contributed by atoms with E-state index >= 15 is 0 Å². The van der Waals surface area contributed by atoms with Gasteiger partial charge in [-0.25, -0.2) is 4.79 Å². The monoisotopic (exact) mass is 307 g/mol. The van der Waals surface area contributed by atoms with Crippen LogP contribution in [-0.4, -0.2) is 17.7 Å². The van der Waals surface area contributed by atoms with Crippen LogP contribution in [-0.2, 0) is 16.1 Å². The van der Waals surface area contributed by atoms with E-state index in [0.29, 0.717) is 11.3 Å². The van der Waals surface area contributed by atoms with Crippen LogP contribution in [0.4, 0.5) is 10.5 Å². The Kier molecular flexibility index (Phi) is 4.01. The zero-order valence-electron chi connectivity index (χ0n) is 12.1. The summed E-state index contributed by atoms with van der Waals surface area (Å²) in [4.78, 5) is 35.0. The van der Waals surface area contributed by atoms with E-state index < -0.39 is 17.7 Å². The van der Waals surface area contributed by atoms with Crippen molar-refractivity contribution in [3.8, 4) is 0 Å². The van der Waals surface area contributed by atoms with E-state index in [1.165, 1.54) is 12.1 Å². The lowest BCUT2D eigenvalue weighted by molar-refractivity contribution is -0.110. The summed E-state index contributed by atoms with van der Waals surface area (Å²) in [6.07, 6.45) is 2.20. The van der Waals surface area contributed by atoms with Gasteiger partial charge in [-0.3, -0.25) is 14.9 Å². The standard InChI is InChI=1S/C18H13NO4/c20-16-9-7-13-6-8-14(10-15(13)17(16)21)19-18(22)23-11-12-4-2-1-3-5-12/h1-10H,11H2,(H,19,22). The summed E-state index contributed by atoms with van der Waals surface area (Å²) < 4.78 is 5.11. The van der Waals surface area contributed by atoms with Gasteiger partial charge in [-0.1, -0.05) is 42.5 Å². The first-order valence-electron chi connectivity index (χ1n) is 7.02. The lowest BCUT2D eigenvalue weighted by atomic mass is 9.95. The molecule has 0 aromatic heterocycles. The van der Waals surface area contributed by atoms with Crippen LogP contribution in [0.3, 0.4) is 0 Å². The quantitative estimate of drug-likeness (QED) is 0.884. The number of amides is 1. The van der Waals surface area contributed by atoms with Gasteiger partial charge in [0.2, 0.25) is 11.6 Å². The van der Waals surface area contributed by atoms with Crippen LogP contribution in [0, 0.1) is 0 Å². The van der Waals surface area contributed by atoms with Crippen LogP contribution in [0.1, 0.15) is 21.5 Å². The van der Waals surface area contributed by atoms with Crippen LogP contribution in [0.25, 0.3) is 6.08 Å². The van der Waals surface area contributed by atoms with Gasteiger partial charge in [-0.05, 0) is 29.3 Å². The zero-order valence-corrected chi connectivity index (χ0v) is 12.1. The molecule has 0 atom stereocenters. The van der Waals surface area contributed by atoms with Crippen molar-refractivity contribution in [3.63, 3.8) is 0 Å². The fourth-order valence-corrected chi connectivity index (χ4v) is 2.23. The maximum Gasteiger partial charge on any atom is 0.411 e. The minimum absolute atomic E-state index is 0.151. The second kappa shape index (κ2) is 6.27. The number of benzene rings is 2. The van der Waals surface area contributed by atoms with Crippen molar-refractivity contribution in [2.45, 2.75) is 6.61 Å². The number of nitrogens with one attached hydrogen (secondary N) is 1. The molecule has 1 amide bonds. The van der Waals surface area contributed by atoms with Gasteiger partial charge in [0, 0.05) is 11.3 Å². The minimum Gasteiger partial charge on any atom is -0.444 e. The molecule has 2 aromatic rings. The van der Waals surface area contributed by atoms with Crippen LogP contribution in [0.5, 0.6) is 0 Å². The Balaban J connectivity index is 1.67. The second-order valence-corrected chi connectivity index (χ2v) is 5.02. The van der Waals surface area contributed by atoms with Crippen LogP contribution >= 0.6 is 0 Å². The molecule has 3 rings (SSSR count). The molecule has 23 heavy (non-hydrogen) atoms. The van der Waals surface area contributed by atoms with E-state index in [0.717, 1.165) is 5.56 Å². The summed E-state index contributed by atoms with van der Waals surface area (Å²) in [5, 5.41) is 2.55. The highest BCUT2D eigenvalue weighted by atomic mass is 16.5.